The van der Waals surface area contributed by atoms with Crippen molar-refractivity contribution in [3.8, 4) is 17.6 Å². The van der Waals surface area contributed by atoms with Crippen LogP contribution in [0.3, 0.4) is 0 Å². The molecule has 17 heteroatoms. The van der Waals surface area contributed by atoms with Crippen LogP contribution in [-0.4, -0.2) is 87.7 Å². The Bertz CT molecular complexity index is 2580. The Morgan fingerprint density at radius 2 is 1.47 bits per heavy atom. The molecule has 6 aromatic rings. The number of aromatic nitrogens is 4. The van der Waals surface area contributed by atoms with E-state index in [2.05, 4.69) is 26.3 Å². The minimum atomic E-state index is -3.29. The third-order valence-corrected chi connectivity index (χ3v) is 14.2. The van der Waals surface area contributed by atoms with E-state index in [1.54, 1.807) is 49.1 Å². The number of fused-ring (bicyclic) bond motifs is 1. The smallest absolute Gasteiger partial charge is 0.260 e. The third kappa shape index (κ3) is 8.75. The topological polar surface area (TPSA) is 155 Å². The second-order valence-electron chi connectivity index (χ2n) is 16.7. The lowest BCUT2D eigenvalue weighted by Gasteiger charge is -2.39. The van der Waals surface area contributed by atoms with Crippen LogP contribution < -0.4 is 14.8 Å². The molecule has 2 aromatic heterocycles. The largest absolute Gasteiger partial charge is 0.497 e. The first-order chi connectivity index (χ1) is 31.9. The van der Waals surface area contributed by atoms with E-state index in [0.717, 1.165) is 5.56 Å². The van der Waals surface area contributed by atoms with Gasteiger partial charge in [-0.25, -0.2) is 28.4 Å². The molecule has 1 aliphatic carbocycles. The van der Waals surface area contributed by atoms with Crippen molar-refractivity contribution >= 4 is 31.4 Å². The van der Waals surface area contributed by atoms with Gasteiger partial charge in [-0.1, -0.05) is 72.8 Å². The molecule has 1 aliphatic heterocycles. The number of hydrogen-bond donors (Lipinski definition) is 1. The first-order valence-electron chi connectivity index (χ1n) is 21.7. The summed E-state index contributed by atoms with van der Waals surface area (Å²) in [4.78, 5) is 26.8. The molecule has 2 aliphatic rings. The number of anilines is 1. The number of hydrogen-bond acceptors (Lipinski definition) is 12. The summed E-state index contributed by atoms with van der Waals surface area (Å²) in [7, 11) is 1.10. The second kappa shape index (κ2) is 19.5. The Balaban J connectivity index is 1.25. The van der Waals surface area contributed by atoms with Crippen LogP contribution in [-0.2, 0) is 24.1 Å². The molecule has 0 radical (unpaired) electrons. The lowest BCUT2D eigenvalue weighted by molar-refractivity contribution is -0.0965. The molecule has 1 spiro atoms. The van der Waals surface area contributed by atoms with Crippen LogP contribution in [0.25, 0.3) is 11.2 Å². The first-order valence-corrected chi connectivity index (χ1v) is 22.8. The van der Waals surface area contributed by atoms with E-state index in [1.165, 1.54) is 12.7 Å². The lowest BCUT2D eigenvalue weighted by atomic mass is 9.79. The number of carbonyl (C=O) groups is 1. The number of nitrogens with one attached hydrogen (secondary N) is 1. The maximum atomic E-state index is 16.9. The summed E-state index contributed by atoms with van der Waals surface area (Å²) in [5.74, 6) is -2.34. The summed E-state index contributed by atoms with van der Waals surface area (Å²) in [6.07, 6.45) is -1.72. The van der Waals surface area contributed by atoms with Crippen molar-refractivity contribution < 1.29 is 41.6 Å². The first kappa shape index (κ1) is 46.6. The Morgan fingerprint density at radius 3 is 2.02 bits per heavy atom. The van der Waals surface area contributed by atoms with Gasteiger partial charge in [0.05, 0.1) is 57.8 Å². The van der Waals surface area contributed by atoms with Crippen molar-refractivity contribution in [1.29, 1.82) is 5.26 Å². The van der Waals surface area contributed by atoms with Crippen molar-refractivity contribution in [2.75, 3.05) is 32.8 Å². The highest BCUT2D eigenvalue weighted by Crippen LogP contribution is 2.73. The number of rotatable bonds is 19. The van der Waals surface area contributed by atoms with Gasteiger partial charge in [0, 0.05) is 24.1 Å². The third-order valence-electron chi connectivity index (χ3n) is 12.1. The van der Waals surface area contributed by atoms with Gasteiger partial charge in [0.1, 0.15) is 29.5 Å². The highest BCUT2D eigenvalue weighted by atomic mass is 31.2. The molecule has 1 saturated carbocycles. The number of alkyl halides is 2. The zero-order valence-electron chi connectivity index (χ0n) is 37.5. The predicted molar refractivity (Wildman–Crippen MR) is 244 cm³/mol. The Hall–Kier alpha value is -5.92. The van der Waals surface area contributed by atoms with Crippen LogP contribution in [0.1, 0.15) is 73.8 Å². The van der Waals surface area contributed by atoms with Gasteiger partial charge in [0.2, 0.25) is 0 Å². The normalized spacial score (nSPS) is 20.5. The number of carbonyl (C=O) groups excluding carboxylic acids is 1. The number of nitrogens with zero attached hydrogens (tertiary/aromatic N) is 6. The van der Waals surface area contributed by atoms with Gasteiger partial charge in [0.15, 0.2) is 23.2 Å². The van der Waals surface area contributed by atoms with Crippen molar-refractivity contribution in [3.05, 3.63) is 144 Å². The highest BCUT2D eigenvalue weighted by Gasteiger charge is 2.83. The van der Waals surface area contributed by atoms with E-state index < -0.39 is 56.2 Å². The van der Waals surface area contributed by atoms with Crippen LogP contribution in [0, 0.1) is 16.7 Å². The number of halogens is 2. The highest BCUT2D eigenvalue weighted by molar-refractivity contribution is 7.44. The van der Waals surface area contributed by atoms with Gasteiger partial charge in [-0.15, -0.1) is 0 Å². The molecule has 66 heavy (non-hydrogen) atoms. The molecule has 3 heterocycles. The fourth-order valence-corrected chi connectivity index (χ4v) is 10.7. The fraction of sp³-hybridized carbons (Fsp3) is 0.367. The molecule has 8 rings (SSSR count). The fourth-order valence-electron chi connectivity index (χ4n) is 8.89. The molecule has 1 saturated heterocycles. The van der Waals surface area contributed by atoms with E-state index in [-0.39, 0.29) is 48.7 Å². The maximum Gasteiger partial charge on any atom is 0.260 e. The molecule has 2 fully saturated rings. The number of benzene rings is 4. The minimum absolute atomic E-state index is 0.0152. The van der Waals surface area contributed by atoms with Crippen LogP contribution in [0.2, 0.25) is 0 Å². The quantitative estimate of drug-likeness (QED) is 0.0467. The molecule has 1 unspecified atom stereocenters. The lowest BCUT2D eigenvalue weighted by Crippen LogP contribution is -2.42. The zero-order valence-corrected chi connectivity index (χ0v) is 38.4. The Kier molecular flexibility index (Phi) is 13.8. The molecular weight excluding hydrogens is 868 g/mol. The summed E-state index contributed by atoms with van der Waals surface area (Å²) >= 11 is 0. The van der Waals surface area contributed by atoms with Gasteiger partial charge < -0.3 is 33.3 Å². The van der Waals surface area contributed by atoms with Gasteiger partial charge in [-0.2, -0.15) is 5.26 Å². The van der Waals surface area contributed by atoms with E-state index >= 15 is 8.78 Å². The number of nitriles is 1. The summed E-state index contributed by atoms with van der Waals surface area (Å²) in [5, 5.41) is 12.3. The summed E-state index contributed by atoms with van der Waals surface area (Å²) in [6, 6.07) is 34.9. The van der Waals surface area contributed by atoms with Crippen LogP contribution in [0.5, 0.6) is 11.5 Å². The van der Waals surface area contributed by atoms with Gasteiger partial charge in [-0.3, -0.25) is 9.36 Å². The van der Waals surface area contributed by atoms with Gasteiger partial charge in [0.25, 0.3) is 20.4 Å². The van der Waals surface area contributed by atoms with E-state index in [4.69, 9.17) is 28.0 Å². The molecule has 344 valence electrons. The van der Waals surface area contributed by atoms with Crippen molar-refractivity contribution in [3.63, 3.8) is 0 Å². The zero-order chi connectivity index (χ0) is 46.6. The molecule has 4 aromatic carbocycles. The van der Waals surface area contributed by atoms with Crippen LogP contribution in [0.4, 0.5) is 14.6 Å². The van der Waals surface area contributed by atoms with Crippen LogP contribution in [0.15, 0.2) is 122 Å². The van der Waals surface area contributed by atoms with Crippen LogP contribution >= 0.6 is 8.53 Å². The van der Waals surface area contributed by atoms with Gasteiger partial charge >= 0.3 is 0 Å². The molecule has 14 nitrogen and oxygen atoms in total. The monoisotopic (exact) mass is 919 g/mol. The minimum Gasteiger partial charge on any atom is -0.497 e. The SMILES string of the molecule is COc1ccc(C(OC[C@H]2O[C@@H](n3cnc4c(NC(=O)c5ccccc5)ncnc43)[C@H](OP(OCCC#N)N(C(C)C)C(C)C)[C@@]23CC3(F)F)(c2ccccc2)c2ccc(OC)cc2)cc1. The van der Waals surface area contributed by atoms with E-state index in [1.807, 2.05) is 111 Å². The molecule has 1 amide bonds. The average Bonchev–Trinajstić information content (AvgIpc) is 3.54. The molecule has 0 bridgehead atoms. The second-order valence-corrected chi connectivity index (χ2v) is 18.1. The average molecular weight is 920 g/mol. The summed E-state index contributed by atoms with van der Waals surface area (Å²) < 4.78 is 75.8. The maximum absolute atomic E-state index is 16.9. The number of methoxy groups -OCH3 is 2. The molecule has 5 atom stereocenters. The standard InChI is InChI=1S/C49H52F2N7O7P/c1-32(2)58(33(3)4)66(63-27-13-26-52)65-42-46(57-31-55-41-43(53-30-54-44(41)57)56-45(59)34-14-9-7-10-15-34)64-40(47(42)29-48(47,50)51)28-62-49(35-16-11-8-12-17-35,36-18-22-38(60-5)23-19-36)37-20-24-39(61-6)25-21-37/h7-12,14-25,30-33,40,42,46H,13,27-29H2,1-6H3,(H,53,54,56,59)/t40-,42+,46-,47-,66?/m1/s1. The van der Waals surface area contributed by atoms with Gasteiger partial charge in [-0.05, 0) is 80.8 Å². The van der Waals surface area contributed by atoms with E-state index in [0.29, 0.717) is 28.2 Å². The summed E-state index contributed by atoms with van der Waals surface area (Å²) in [5.41, 5.74) is -0.323. The number of amides is 1. The van der Waals surface area contributed by atoms with Crippen molar-refractivity contribution in [1.82, 2.24) is 24.2 Å². The predicted octanol–water partition coefficient (Wildman–Crippen LogP) is 9.69. The van der Waals surface area contributed by atoms with E-state index in [9.17, 15) is 10.1 Å². The Labute approximate surface area is 383 Å². The number of imidazole rings is 1. The number of ether oxygens (including phenoxy) is 4. The summed E-state index contributed by atoms with van der Waals surface area (Å²) in [6.45, 7) is 7.58. The molecule has 1 N–H and O–H groups in total. The Morgan fingerprint density at radius 1 is 0.894 bits per heavy atom. The molecular formula is C49H52F2N7O7P. The van der Waals surface area contributed by atoms with Crippen molar-refractivity contribution in [2.24, 2.45) is 5.41 Å². The van der Waals surface area contributed by atoms with Crippen molar-refractivity contribution in [2.45, 2.75) is 82.6 Å².